The summed E-state index contributed by atoms with van der Waals surface area (Å²) in [6.45, 7) is 2.20. The molecule has 0 radical (unpaired) electrons. The second-order valence-electron chi connectivity index (χ2n) is 3.00. The van der Waals surface area contributed by atoms with Gasteiger partial charge < -0.3 is 10.6 Å². The van der Waals surface area contributed by atoms with Crippen molar-refractivity contribution in [2.45, 2.75) is 25.8 Å². The first kappa shape index (κ1) is 7.38. The molecule has 3 nitrogen and oxygen atoms in total. The molecule has 0 spiro atoms. The average molecular weight is 142 g/mol. The van der Waals surface area contributed by atoms with Crippen molar-refractivity contribution in [3.63, 3.8) is 0 Å². The van der Waals surface area contributed by atoms with E-state index in [1.165, 1.54) is 0 Å². The standard InChI is InChI=1S/C7H14N2O/c1-5-3-6(4-5)9-7(10)8-2/h5-6H,3-4H2,1-2H3,(H2,8,9,10). The fourth-order valence-electron chi connectivity index (χ4n) is 1.28. The summed E-state index contributed by atoms with van der Waals surface area (Å²) in [6.07, 6.45) is 2.26. The van der Waals surface area contributed by atoms with Crippen LogP contribution < -0.4 is 10.6 Å². The Hall–Kier alpha value is -0.730. The maximum absolute atomic E-state index is 10.7. The van der Waals surface area contributed by atoms with Gasteiger partial charge in [0.25, 0.3) is 0 Å². The van der Waals surface area contributed by atoms with Crippen LogP contribution in [0.25, 0.3) is 0 Å². The largest absolute Gasteiger partial charge is 0.341 e. The predicted molar refractivity (Wildman–Crippen MR) is 39.8 cm³/mol. The number of carbonyl (C=O) groups is 1. The molecule has 0 aromatic heterocycles. The van der Waals surface area contributed by atoms with Gasteiger partial charge in [-0.1, -0.05) is 6.92 Å². The van der Waals surface area contributed by atoms with Crippen LogP contribution in [0.2, 0.25) is 0 Å². The molecular weight excluding hydrogens is 128 g/mol. The van der Waals surface area contributed by atoms with Crippen molar-refractivity contribution in [2.75, 3.05) is 7.05 Å². The highest BCUT2D eigenvalue weighted by Crippen LogP contribution is 2.25. The topological polar surface area (TPSA) is 41.1 Å². The van der Waals surface area contributed by atoms with Crippen LogP contribution in [0.3, 0.4) is 0 Å². The van der Waals surface area contributed by atoms with Crippen LogP contribution in [0.1, 0.15) is 19.8 Å². The summed E-state index contributed by atoms with van der Waals surface area (Å²) >= 11 is 0. The summed E-state index contributed by atoms with van der Waals surface area (Å²) in [5.74, 6) is 0.794. The van der Waals surface area contributed by atoms with Crippen LogP contribution >= 0.6 is 0 Å². The lowest BCUT2D eigenvalue weighted by atomic mass is 9.82. The molecule has 1 aliphatic carbocycles. The van der Waals surface area contributed by atoms with Crippen molar-refractivity contribution in [1.82, 2.24) is 10.6 Å². The molecule has 1 fully saturated rings. The Morgan fingerprint density at radius 1 is 1.50 bits per heavy atom. The molecule has 0 aromatic rings. The minimum atomic E-state index is -0.0584. The molecule has 0 unspecified atom stereocenters. The van der Waals surface area contributed by atoms with Crippen LogP contribution in [0, 0.1) is 5.92 Å². The second kappa shape index (κ2) is 2.90. The molecule has 2 N–H and O–H groups in total. The summed E-state index contributed by atoms with van der Waals surface area (Å²) in [6, 6.07) is 0.367. The molecule has 0 aromatic carbocycles. The molecule has 3 heteroatoms. The van der Waals surface area contributed by atoms with Crippen molar-refractivity contribution in [1.29, 1.82) is 0 Å². The molecule has 1 aliphatic rings. The zero-order valence-electron chi connectivity index (χ0n) is 6.48. The lowest BCUT2D eigenvalue weighted by molar-refractivity contribution is 0.212. The van der Waals surface area contributed by atoms with Gasteiger partial charge >= 0.3 is 6.03 Å². The van der Waals surface area contributed by atoms with Crippen molar-refractivity contribution in [2.24, 2.45) is 5.92 Å². The second-order valence-corrected chi connectivity index (χ2v) is 3.00. The Morgan fingerprint density at radius 2 is 2.10 bits per heavy atom. The van der Waals surface area contributed by atoms with E-state index in [0.29, 0.717) is 6.04 Å². The van der Waals surface area contributed by atoms with Gasteiger partial charge in [-0.15, -0.1) is 0 Å². The fraction of sp³-hybridized carbons (Fsp3) is 0.857. The lowest BCUT2D eigenvalue weighted by Gasteiger charge is -2.32. The molecule has 1 saturated carbocycles. The molecule has 58 valence electrons. The third-order valence-electron chi connectivity index (χ3n) is 1.94. The predicted octanol–water partition coefficient (Wildman–Crippen LogP) is 0.714. The molecule has 0 atom stereocenters. The average Bonchev–Trinajstić information content (AvgIpc) is 1.84. The van der Waals surface area contributed by atoms with Gasteiger partial charge in [-0.25, -0.2) is 4.79 Å². The number of hydrogen-bond acceptors (Lipinski definition) is 1. The lowest BCUT2D eigenvalue weighted by Crippen LogP contribution is -2.46. The van der Waals surface area contributed by atoms with E-state index in [9.17, 15) is 4.79 Å². The molecule has 1 rings (SSSR count). The Morgan fingerprint density at radius 3 is 2.50 bits per heavy atom. The molecule has 2 amide bonds. The van der Waals surface area contributed by atoms with Crippen molar-refractivity contribution in [3.8, 4) is 0 Å². The number of hydrogen-bond donors (Lipinski definition) is 2. The zero-order valence-corrected chi connectivity index (χ0v) is 6.48. The third kappa shape index (κ3) is 1.62. The van der Waals surface area contributed by atoms with Crippen LogP contribution in [0.15, 0.2) is 0 Å². The molecular formula is C7H14N2O. The zero-order chi connectivity index (χ0) is 7.56. The summed E-state index contributed by atoms with van der Waals surface area (Å²) in [7, 11) is 1.64. The highest BCUT2D eigenvalue weighted by Gasteiger charge is 2.25. The highest BCUT2D eigenvalue weighted by atomic mass is 16.2. The van der Waals surface area contributed by atoms with E-state index in [4.69, 9.17) is 0 Å². The first-order valence-electron chi connectivity index (χ1n) is 3.70. The Bertz CT molecular complexity index is 130. The number of carbonyl (C=O) groups excluding carboxylic acids is 1. The number of urea groups is 1. The summed E-state index contributed by atoms with van der Waals surface area (Å²) < 4.78 is 0. The first-order chi connectivity index (χ1) is 4.72. The van der Waals surface area contributed by atoms with Crippen molar-refractivity contribution < 1.29 is 4.79 Å². The summed E-state index contributed by atoms with van der Waals surface area (Å²) in [5, 5.41) is 5.38. The maximum Gasteiger partial charge on any atom is 0.314 e. The quantitative estimate of drug-likeness (QED) is 0.556. The monoisotopic (exact) mass is 142 g/mol. The van der Waals surface area contributed by atoms with Gasteiger partial charge in [0.15, 0.2) is 0 Å². The van der Waals surface area contributed by atoms with Crippen molar-refractivity contribution >= 4 is 6.03 Å². The first-order valence-corrected chi connectivity index (χ1v) is 3.70. The van der Waals surface area contributed by atoms with E-state index in [-0.39, 0.29) is 6.03 Å². The number of amides is 2. The Balaban J connectivity index is 2.10. The Kier molecular flexibility index (Phi) is 2.14. The van der Waals surface area contributed by atoms with E-state index < -0.39 is 0 Å². The smallest absolute Gasteiger partial charge is 0.314 e. The van der Waals surface area contributed by atoms with Crippen LogP contribution in [0.5, 0.6) is 0 Å². The molecule has 0 heterocycles. The molecule has 10 heavy (non-hydrogen) atoms. The van der Waals surface area contributed by atoms with Gasteiger partial charge in [0, 0.05) is 13.1 Å². The van der Waals surface area contributed by atoms with E-state index in [2.05, 4.69) is 17.6 Å². The number of nitrogens with one attached hydrogen (secondary N) is 2. The Labute approximate surface area is 61.2 Å². The van der Waals surface area contributed by atoms with E-state index in [1.807, 2.05) is 0 Å². The fourth-order valence-corrected chi connectivity index (χ4v) is 1.28. The summed E-state index contributed by atoms with van der Waals surface area (Å²) in [5.41, 5.74) is 0. The minimum Gasteiger partial charge on any atom is -0.341 e. The van der Waals surface area contributed by atoms with E-state index >= 15 is 0 Å². The minimum absolute atomic E-state index is 0.0584. The van der Waals surface area contributed by atoms with Crippen LogP contribution in [0.4, 0.5) is 4.79 Å². The normalized spacial score (nSPS) is 30.6. The van der Waals surface area contributed by atoms with Crippen molar-refractivity contribution in [3.05, 3.63) is 0 Å². The third-order valence-corrected chi connectivity index (χ3v) is 1.94. The van der Waals surface area contributed by atoms with Gasteiger partial charge in [0.1, 0.15) is 0 Å². The SMILES string of the molecule is CNC(=O)NC1CC(C)C1. The van der Waals surface area contributed by atoms with E-state index in [0.717, 1.165) is 18.8 Å². The van der Waals surface area contributed by atoms with Gasteiger partial charge in [-0.2, -0.15) is 0 Å². The van der Waals surface area contributed by atoms with Gasteiger partial charge in [0.05, 0.1) is 0 Å². The molecule has 0 bridgehead atoms. The highest BCUT2D eigenvalue weighted by molar-refractivity contribution is 5.73. The molecule has 0 saturated heterocycles. The van der Waals surface area contributed by atoms with Gasteiger partial charge in [0.2, 0.25) is 0 Å². The maximum atomic E-state index is 10.7. The number of rotatable bonds is 1. The van der Waals surface area contributed by atoms with Gasteiger partial charge in [-0.05, 0) is 18.8 Å². The van der Waals surface area contributed by atoms with Gasteiger partial charge in [-0.3, -0.25) is 0 Å². The van der Waals surface area contributed by atoms with Crippen LogP contribution in [-0.4, -0.2) is 19.1 Å². The van der Waals surface area contributed by atoms with Crippen LogP contribution in [-0.2, 0) is 0 Å². The summed E-state index contributed by atoms with van der Waals surface area (Å²) in [4.78, 5) is 10.7. The van der Waals surface area contributed by atoms with E-state index in [1.54, 1.807) is 7.05 Å². The molecule has 0 aliphatic heterocycles.